The van der Waals surface area contributed by atoms with E-state index in [1.54, 1.807) is 18.4 Å². The maximum atomic E-state index is 12.1. The van der Waals surface area contributed by atoms with Crippen molar-refractivity contribution in [3.63, 3.8) is 0 Å². The maximum Gasteiger partial charge on any atom is 0.414 e. The van der Waals surface area contributed by atoms with E-state index in [4.69, 9.17) is 0 Å². The van der Waals surface area contributed by atoms with Gasteiger partial charge < -0.3 is 10.1 Å². The van der Waals surface area contributed by atoms with E-state index in [-0.39, 0.29) is 24.5 Å². The van der Waals surface area contributed by atoms with Crippen LogP contribution in [0.3, 0.4) is 0 Å². The van der Waals surface area contributed by atoms with Crippen LogP contribution >= 0.6 is 11.3 Å². The lowest BCUT2D eigenvalue weighted by Gasteiger charge is -2.07. The first kappa shape index (κ1) is 17.7. The molecule has 3 amide bonds. The van der Waals surface area contributed by atoms with E-state index in [1.807, 2.05) is 31.2 Å². The molecule has 0 spiro atoms. The Kier molecular flexibility index (Phi) is 6.08. The number of anilines is 1. The van der Waals surface area contributed by atoms with Crippen molar-refractivity contribution in [2.45, 2.75) is 20.3 Å². The van der Waals surface area contributed by atoms with Crippen LogP contribution in [0.25, 0.3) is 0 Å². The Balaban J connectivity index is 1.99. The molecule has 0 bridgehead atoms. The SMILES string of the molecule is CCOC(=O)NC(=O)c1ccsc1NC(=O)Cc1ccc(C)cc1. The summed E-state index contributed by atoms with van der Waals surface area (Å²) in [6, 6.07) is 9.19. The average molecular weight is 346 g/mol. The topological polar surface area (TPSA) is 84.5 Å². The quantitative estimate of drug-likeness (QED) is 0.871. The van der Waals surface area contributed by atoms with E-state index in [1.165, 1.54) is 11.3 Å². The summed E-state index contributed by atoms with van der Waals surface area (Å²) in [4.78, 5) is 35.5. The second-order valence-corrected chi connectivity index (χ2v) is 5.96. The van der Waals surface area contributed by atoms with Gasteiger partial charge in [0, 0.05) is 0 Å². The van der Waals surface area contributed by atoms with Crippen LogP contribution in [-0.2, 0) is 16.0 Å². The number of ether oxygens (including phenoxy) is 1. The molecule has 0 aliphatic rings. The van der Waals surface area contributed by atoms with Gasteiger partial charge in [0.2, 0.25) is 5.91 Å². The number of amides is 3. The number of thiophene rings is 1. The van der Waals surface area contributed by atoms with Crippen LogP contribution in [0.4, 0.5) is 9.80 Å². The van der Waals surface area contributed by atoms with E-state index < -0.39 is 12.0 Å². The second kappa shape index (κ2) is 8.26. The Labute approximate surface area is 143 Å². The number of imide groups is 1. The van der Waals surface area contributed by atoms with Crippen molar-refractivity contribution in [1.29, 1.82) is 0 Å². The van der Waals surface area contributed by atoms with Gasteiger partial charge in [-0.1, -0.05) is 29.8 Å². The van der Waals surface area contributed by atoms with E-state index in [2.05, 4.69) is 15.4 Å². The summed E-state index contributed by atoms with van der Waals surface area (Å²) in [5.41, 5.74) is 2.23. The van der Waals surface area contributed by atoms with Gasteiger partial charge in [0.05, 0.1) is 18.6 Å². The predicted octanol–water partition coefficient (Wildman–Crippen LogP) is 3.12. The van der Waals surface area contributed by atoms with Gasteiger partial charge in [0.1, 0.15) is 5.00 Å². The van der Waals surface area contributed by atoms with Crippen LogP contribution < -0.4 is 10.6 Å². The molecule has 24 heavy (non-hydrogen) atoms. The summed E-state index contributed by atoms with van der Waals surface area (Å²) in [6.45, 7) is 3.79. The highest BCUT2D eigenvalue weighted by Crippen LogP contribution is 2.23. The molecule has 1 heterocycles. The van der Waals surface area contributed by atoms with Gasteiger partial charge in [-0.2, -0.15) is 0 Å². The van der Waals surface area contributed by atoms with Gasteiger partial charge in [-0.15, -0.1) is 11.3 Å². The molecule has 0 fully saturated rings. The Morgan fingerprint density at radius 3 is 2.50 bits per heavy atom. The number of hydrogen-bond acceptors (Lipinski definition) is 5. The predicted molar refractivity (Wildman–Crippen MR) is 92.3 cm³/mol. The van der Waals surface area contributed by atoms with Crippen LogP contribution in [0.2, 0.25) is 0 Å². The molecule has 2 aromatic rings. The Morgan fingerprint density at radius 2 is 1.83 bits per heavy atom. The lowest BCUT2D eigenvalue weighted by molar-refractivity contribution is -0.115. The minimum absolute atomic E-state index is 0.170. The summed E-state index contributed by atoms with van der Waals surface area (Å²) >= 11 is 1.21. The van der Waals surface area contributed by atoms with Gasteiger partial charge in [0.15, 0.2) is 0 Å². The minimum atomic E-state index is -0.814. The minimum Gasteiger partial charge on any atom is -0.450 e. The number of hydrogen-bond donors (Lipinski definition) is 2. The van der Waals surface area contributed by atoms with E-state index in [0.717, 1.165) is 11.1 Å². The highest BCUT2D eigenvalue weighted by Gasteiger charge is 2.17. The number of carbonyl (C=O) groups is 3. The first-order valence-electron chi connectivity index (χ1n) is 7.40. The largest absolute Gasteiger partial charge is 0.450 e. The third-order valence-electron chi connectivity index (χ3n) is 3.14. The third kappa shape index (κ3) is 4.92. The van der Waals surface area contributed by atoms with Crippen molar-refractivity contribution < 1.29 is 19.1 Å². The van der Waals surface area contributed by atoms with E-state index in [0.29, 0.717) is 5.00 Å². The molecule has 7 heteroatoms. The van der Waals surface area contributed by atoms with Crippen molar-refractivity contribution in [2.75, 3.05) is 11.9 Å². The normalized spacial score (nSPS) is 10.1. The molecule has 1 aromatic carbocycles. The lowest BCUT2D eigenvalue weighted by Crippen LogP contribution is -2.31. The molecule has 0 radical (unpaired) electrons. The highest BCUT2D eigenvalue weighted by molar-refractivity contribution is 7.14. The van der Waals surface area contributed by atoms with Crippen molar-refractivity contribution in [3.05, 3.63) is 52.4 Å². The van der Waals surface area contributed by atoms with E-state index >= 15 is 0 Å². The van der Waals surface area contributed by atoms with Crippen molar-refractivity contribution in [2.24, 2.45) is 0 Å². The van der Waals surface area contributed by atoms with Crippen LogP contribution in [0.1, 0.15) is 28.4 Å². The molecule has 2 rings (SSSR count). The van der Waals surface area contributed by atoms with Gasteiger partial charge in [-0.3, -0.25) is 14.9 Å². The van der Waals surface area contributed by atoms with E-state index in [9.17, 15) is 14.4 Å². The monoisotopic (exact) mass is 346 g/mol. The Bertz CT molecular complexity index is 737. The maximum absolute atomic E-state index is 12.1. The molecule has 1 aromatic heterocycles. The molecular weight excluding hydrogens is 328 g/mol. The zero-order chi connectivity index (χ0) is 17.5. The van der Waals surface area contributed by atoms with Crippen LogP contribution in [0, 0.1) is 6.92 Å². The molecule has 126 valence electrons. The molecular formula is C17H18N2O4S. The van der Waals surface area contributed by atoms with Crippen molar-refractivity contribution >= 4 is 34.2 Å². The number of carbonyl (C=O) groups excluding carboxylic acids is 3. The molecule has 0 aliphatic heterocycles. The fraction of sp³-hybridized carbons (Fsp3) is 0.235. The van der Waals surface area contributed by atoms with Crippen LogP contribution in [-0.4, -0.2) is 24.5 Å². The molecule has 0 saturated heterocycles. The summed E-state index contributed by atoms with van der Waals surface area (Å²) < 4.78 is 4.67. The highest BCUT2D eigenvalue weighted by atomic mass is 32.1. The second-order valence-electron chi connectivity index (χ2n) is 5.05. The molecule has 0 atom stereocenters. The van der Waals surface area contributed by atoms with Gasteiger partial charge in [-0.05, 0) is 30.9 Å². The fourth-order valence-electron chi connectivity index (χ4n) is 1.97. The fourth-order valence-corrected chi connectivity index (χ4v) is 2.77. The van der Waals surface area contributed by atoms with Crippen LogP contribution in [0.15, 0.2) is 35.7 Å². The Morgan fingerprint density at radius 1 is 1.12 bits per heavy atom. The number of benzene rings is 1. The molecule has 0 saturated carbocycles. The molecule has 2 N–H and O–H groups in total. The van der Waals surface area contributed by atoms with Crippen molar-refractivity contribution in [1.82, 2.24) is 5.32 Å². The summed E-state index contributed by atoms with van der Waals surface area (Å²) in [7, 11) is 0. The number of alkyl carbamates (subject to hydrolysis) is 1. The standard InChI is InChI=1S/C17H18N2O4S/c1-3-23-17(22)19-15(21)13-8-9-24-16(13)18-14(20)10-12-6-4-11(2)5-7-12/h4-9H,3,10H2,1-2H3,(H,18,20)(H,19,21,22). The molecule has 0 aliphatic carbocycles. The van der Waals surface area contributed by atoms with Crippen LogP contribution in [0.5, 0.6) is 0 Å². The zero-order valence-corrected chi connectivity index (χ0v) is 14.2. The average Bonchev–Trinajstić information content (AvgIpc) is 2.98. The lowest BCUT2D eigenvalue weighted by atomic mass is 10.1. The number of nitrogens with one attached hydrogen (secondary N) is 2. The first-order chi connectivity index (χ1) is 11.5. The van der Waals surface area contributed by atoms with Gasteiger partial charge in [-0.25, -0.2) is 4.79 Å². The van der Waals surface area contributed by atoms with Gasteiger partial charge >= 0.3 is 6.09 Å². The zero-order valence-electron chi connectivity index (χ0n) is 13.4. The summed E-state index contributed by atoms with van der Waals surface area (Å²) in [6.07, 6.45) is -0.609. The summed E-state index contributed by atoms with van der Waals surface area (Å²) in [5.74, 6) is -0.841. The molecule has 6 nitrogen and oxygen atoms in total. The Hall–Kier alpha value is -2.67. The smallest absolute Gasteiger partial charge is 0.414 e. The number of rotatable bonds is 5. The molecule has 0 unspecified atom stereocenters. The third-order valence-corrected chi connectivity index (χ3v) is 3.97. The van der Waals surface area contributed by atoms with Crippen molar-refractivity contribution in [3.8, 4) is 0 Å². The summed E-state index contributed by atoms with van der Waals surface area (Å²) in [5, 5.41) is 6.88. The number of aryl methyl sites for hydroxylation is 1. The first-order valence-corrected chi connectivity index (χ1v) is 8.28. The van der Waals surface area contributed by atoms with Gasteiger partial charge in [0.25, 0.3) is 5.91 Å².